The van der Waals surface area contributed by atoms with Crippen LogP contribution in [0.3, 0.4) is 0 Å². The summed E-state index contributed by atoms with van der Waals surface area (Å²) in [4.78, 5) is 11.3. The van der Waals surface area contributed by atoms with E-state index in [4.69, 9.17) is 0 Å². The Balaban J connectivity index is 2.38. The van der Waals surface area contributed by atoms with Crippen molar-refractivity contribution in [2.24, 2.45) is 17.3 Å². The third kappa shape index (κ3) is 1.39. The van der Waals surface area contributed by atoms with Gasteiger partial charge in [0.05, 0.1) is 0 Å². The highest BCUT2D eigenvalue weighted by Crippen LogP contribution is 2.57. The first kappa shape index (κ1) is 11.8. The molecular weight excluding hydrogens is 200 g/mol. The molecule has 2 saturated carbocycles. The fraction of sp³-hybridized carbons (Fsp3) is 0.786. The summed E-state index contributed by atoms with van der Waals surface area (Å²) in [6.07, 6.45) is 5.39. The summed E-state index contributed by atoms with van der Waals surface area (Å²) in [5, 5.41) is 10.5. The number of fused-ring (bicyclic) bond motifs is 1. The Hall–Kier alpha value is -0.630. The Kier molecular flexibility index (Phi) is 2.73. The number of aldehydes is 1. The lowest BCUT2D eigenvalue weighted by atomic mass is 9.51. The van der Waals surface area contributed by atoms with E-state index in [0.29, 0.717) is 18.3 Å². The topological polar surface area (TPSA) is 37.3 Å². The maximum Gasteiger partial charge on any atom is 0.152 e. The summed E-state index contributed by atoms with van der Waals surface area (Å²) in [6, 6.07) is 0. The van der Waals surface area contributed by atoms with Gasteiger partial charge in [-0.25, -0.2) is 0 Å². The Morgan fingerprint density at radius 2 is 2.12 bits per heavy atom. The van der Waals surface area contributed by atoms with Gasteiger partial charge in [-0.15, -0.1) is 0 Å². The molecule has 0 aliphatic heterocycles. The molecule has 2 aliphatic rings. The van der Waals surface area contributed by atoms with Gasteiger partial charge < -0.3 is 9.90 Å². The van der Waals surface area contributed by atoms with Crippen molar-refractivity contribution in [2.75, 3.05) is 0 Å². The quantitative estimate of drug-likeness (QED) is 0.547. The monoisotopic (exact) mass is 222 g/mol. The molecule has 2 rings (SSSR count). The molecular formula is C14H22O2. The average Bonchev–Trinajstić information content (AvgIpc) is 2.27. The van der Waals surface area contributed by atoms with E-state index in [2.05, 4.69) is 20.4 Å². The standard InChI is InChI=1S/C14H22O2/c1-10-6-8-13(3)12(11(10)2)5-4-7-14(13,16)9-15/h9-10,12,16H,2,4-8H2,1,3H3/t10-,12-,13-,14-/m0/s1. The summed E-state index contributed by atoms with van der Waals surface area (Å²) in [5.41, 5.74) is -0.163. The number of carbonyl (C=O) groups excluding carboxylic acids is 1. The van der Waals surface area contributed by atoms with Gasteiger partial charge in [-0.3, -0.25) is 0 Å². The van der Waals surface area contributed by atoms with Crippen molar-refractivity contribution in [1.82, 2.24) is 0 Å². The molecule has 2 aliphatic carbocycles. The number of hydrogen-bond acceptors (Lipinski definition) is 2. The summed E-state index contributed by atoms with van der Waals surface area (Å²) < 4.78 is 0. The van der Waals surface area contributed by atoms with E-state index in [1.807, 2.05) is 0 Å². The summed E-state index contributed by atoms with van der Waals surface area (Å²) in [6.45, 7) is 8.47. The fourth-order valence-electron chi connectivity index (χ4n) is 3.71. The van der Waals surface area contributed by atoms with Crippen LogP contribution in [0.1, 0.15) is 46.0 Å². The third-order valence-corrected chi connectivity index (χ3v) is 5.18. The lowest BCUT2D eigenvalue weighted by molar-refractivity contribution is -0.159. The van der Waals surface area contributed by atoms with Gasteiger partial charge >= 0.3 is 0 Å². The van der Waals surface area contributed by atoms with Crippen LogP contribution in [-0.4, -0.2) is 17.0 Å². The lowest BCUT2D eigenvalue weighted by Crippen LogP contribution is -2.57. The lowest BCUT2D eigenvalue weighted by Gasteiger charge is -2.55. The summed E-state index contributed by atoms with van der Waals surface area (Å²) in [7, 11) is 0. The van der Waals surface area contributed by atoms with Gasteiger partial charge in [0.1, 0.15) is 5.60 Å². The van der Waals surface area contributed by atoms with Gasteiger partial charge in [-0.05, 0) is 43.9 Å². The first-order valence-corrected chi connectivity index (χ1v) is 6.32. The summed E-state index contributed by atoms with van der Waals surface area (Å²) >= 11 is 0. The molecule has 4 atom stereocenters. The molecule has 0 unspecified atom stereocenters. The SMILES string of the molecule is C=C1[C@@H](C)CC[C@@]2(C)[C@H]1CCC[C@]2(O)C=O. The number of hydrogen-bond donors (Lipinski definition) is 1. The Bertz CT molecular complexity index is 323. The zero-order valence-electron chi connectivity index (χ0n) is 10.3. The van der Waals surface area contributed by atoms with Crippen molar-refractivity contribution in [3.63, 3.8) is 0 Å². The van der Waals surface area contributed by atoms with E-state index in [9.17, 15) is 9.90 Å². The van der Waals surface area contributed by atoms with Crippen LogP contribution >= 0.6 is 0 Å². The van der Waals surface area contributed by atoms with E-state index in [0.717, 1.165) is 32.0 Å². The normalized spacial score (nSPS) is 48.6. The zero-order chi connectivity index (χ0) is 12.0. The number of carbonyl (C=O) groups is 1. The first-order chi connectivity index (χ1) is 7.44. The van der Waals surface area contributed by atoms with Gasteiger partial charge in [-0.2, -0.15) is 0 Å². The van der Waals surface area contributed by atoms with Crippen LogP contribution in [0.25, 0.3) is 0 Å². The molecule has 90 valence electrons. The molecule has 0 aromatic heterocycles. The van der Waals surface area contributed by atoms with Gasteiger partial charge in [-0.1, -0.05) is 26.0 Å². The molecule has 1 N–H and O–H groups in total. The molecule has 16 heavy (non-hydrogen) atoms. The van der Waals surface area contributed by atoms with Gasteiger partial charge in [0.25, 0.3) is 0 Å². The van der Waals surface area contributed by atoms with Crippen molar-refractivity contribution in [3.8, 4) is 0 Å². The van der Waals surface area contributed by atoms with Crippen molar-refractivity contribution in [2.45, 2.75) is 51.6 Å². The van der Waals surface area contributed by atoms with Crippen molar-refractivity contribution in [3.05, 3.63) is 12.2 Å². The van der Waals surface area contributed by atoms with E-state index in [1.54, 1.807) is 0 Å². The van der Waals surface area contributed by atoms with E-state index in [1.165, 1.54) is 5.57 Å². The van der Waals surface area contributed by atoms with Gasteiger partial charge in [0, 0.05) is 5.41 Å². The predicted molar refractivity (Wildman–Crippen MR) is 64.0 cm³/mol. The average molecular weight is 222 g/mol. The molecule has 0 aromatic carbocycles. The molecule has 2 fully saturated rings. The zero-order valence-corrected chi connectivity index (χ0v) is 10.3. The molecule has 2 heteroatoms. The number of allylic oxidation sites excluding steroid dienone is 1. The Morgan fingerprint density at radius 1 is 1.44 bits per heavy atom. The first-order valence-electron chi connectivity index (χ1n) is 6.32. The Morgan fingerprint density at radius 3 is 2.75 bits per heavy atom. The van der Waals surface area contributed by atoms with Gasteiger partial charge in [0.2, 0.25) is 0 Å². The van der Waals surface area contributed by atoms with Crippen LogP contribution in [0.2, 0.25) is 0 Å². The van der Waals surface area contributed by atoms with Crippen molar-refractivity contribution < 1.29 is 9.90 Å². The second kappa shape index (κ2) is 3.69. The molecule has 0 radical (unpaired) electrons. The van der Waals surface area contributed by atoms with Crippen LogP contribution in [0.15, 0.2) is 12.2 Å². The van der Waals surface area contributed by atoms with Crippen LogP contribution in [0.4, 0.5) is 0 Å². The van der Waals surface area contributed by atoms with E-state index < -0.39 is 5.60 Å². The van der Waals surface area contributed by atoms with Crippen molar-refractivity contribution >= 4 is 6.29 Å². The molecule has 0 bridgehead atoms. The van der Waals surface area contributed by atoms with Crippen LogP contribution < -0.4 is 0 Å². The molecule has 2 nitrogen and oxygen atoms in total. The smallest absolute Gasteiger partial charge is 0.152 e. The predicted octanol–water partition coefficient (Wildman–Crippen LogP) is 2.71. The largest absolute Gasteiger partial charge is 0.382 e. The summed E-state index contributed by atoms with van der Waals surface area (Å²) in [5.74, 6) is 0.854. The molecule has 0 amide bonds. The maximum atomic E-state index is 11.3. The van der Waals surface area contributed by atoms with Crippen LogP contribution in [0, 0.1) is 17.3 Å². The molecule has 0 heterocycles. The highest BCUT2D eigenvalue weighted by Gasteiger charge is 2.56. The molecule has 0 saturated heterocycles. The minimum atomic E-state index is -1.13. The molecule has 0 aromatic rings. The van der Waals surface area contributed by atoms with E-state index >= 15 is 0 Å². The van der Waals surface area contributed by atoms with Crippen LogP contribution in [0.5, 0.6) is 0 Å². The number of rotatable bonds is 1. The number of aliphatic hydroxyl groups is 1. The minimum Gasteiger partial charge on any atom is -0.382 e. The minimum absolute atomic E-state index is 0.281. The maximum absolute atomic E-state index is 11.3. The second-order valence-electron chi connectivity index (χ2n) is 5.92. The van der Waals surface area contributed by atoms with Crippen molar-refractivity contribution in [1.29, 1.82) is 0 Å². The highest BCUT2D eigenvalue weighted by atomic mass is 16.3. The fourth-order valence-corrected chi connectivity index (χ4v) is 3.71. The third-order valence-electron chi connectivity index (χ3n) is 5.18. The highest BCUT2D eigenvalue weighted by molar-refractivity contribution is 5.64. The van der Waals surface area contributed by atoms with Gasteiger partial charge in [0.15, 0.2) is 6.29 Å². The molecule has 0 spiro atoms. The second-order valence-corrected chi connectivity index (χ2v) is 5.92. The van der Waals surface area contributed by atoms with Crippen LogP contribution in [-0.2, 0) is 4.79 Å². The van der Waals surface area contributed by atoms with E-state index in [-0.39, 0.29) is 5.41 Å². The Labute approximate surface area is 97.7 Å².